The molecule has 1 fully saturated rings. The van der Waals surface area contributed by atoms with E-state index < -0.39 is 16.6 Å². The minimum atomic E-state index is -1.47. The van der Waals surface area contributed by atoms with E-state index >= 15 is 0 Å². The zero-order chi connectivity index (χ0) is 15.9. The Balaban J connectivity index is 1.84. The third kappa shape index (κ3) is 5.36. The molecule has 1 saturated carbocycles. The van der Waals surface area contributed by atoms with Gasteiger partial charge in [-0.05, 0) is 25.0 Å². The summed E-state index contributed by atoms with van der Waals surface area (Å²) in [6.45, 7) is 0. The zero-order valence-electron chi connectivity index (χ0n) is 12.4. The van der Waals surface area contributed by atoms with E-state index in [4.69, 9.17) is 11.6 Å². The summed E-state index contributed by atoms with van der Waals surface area (Å²) in [6.07, 6.45) is 6.64. The summed E-state index contributed by atoms with van der Waals surface area (Å²) >= 11 is 5.91. The van der Waals surface area contributed by atoms with Crippen LogP contribution in [0.5, 0.6) is 0 Å². The standard InChI is InChI=1S/C16H21ClFNO2S/c17-14-8-5-9-15(18)13(14)10-22(21)11-16(20)19-12-6-3-1-2-4-7-12/h5,8-9,12H,1-4,6-7,10-11H2,(H,19,20)/t22-/m1/s1. The first kappa shape index (κ1) is 17.4. The minimum absolute atomic E-state index is 0.0381. The molecule has 1 aliphatic carbocycles. The Morgan fingerprint density at radius 3 is 2.59 bits per heavy atom. The van der Waals surface area contributed by atoms with E-state index in [0.717, 1.165) is 25.7 Å². The van der Waals surface area contributed by atoms with Crippen LogP contribution in [0.3, 0.4) is 0 Å². The van der Waals surface area contributed by atoms with Crippen molar-refractivity contribution in [3.05, 3.63) is 34.6 Å². The van der Waals surface area contributed by atoms with Gasteiger partial charge in [0.1, 0.15) is 11.6 Å². The fourth-order valence-electron chi connectivity index (χ4n) is 2.72. The number of carbonyl (C=O) groups excluding carboxylic acids is 1. The highest BCUT2D eigenvalue weighted by Gasteiger charge is 2.18. The van der Waals surface area contributed by atoms with Crippen LogP contribution >= 0.6 is 11.6 Å². The maximum atomic E-state index is 13.6. The topological polar surface area (TPSA) is 46.2 Å². The first-order chi connectivity index (χ1) is 10.6. The van der Waals surface area contributed by atoms with Crippen molar-refractivity contribution in [2.75, 3.05) is 5.75 Å². The molecule has 0 heterocycles. The Hall–Kier alpha value is -0.940. The van der Waals surface area contributed by atoms with Crippen molar-refractivity contribution in [1.82, 2.24) is 5.32 Å². The second kappa shape index (κ2) is 8.63. The molecule has 0 aromatic heterocycles. The van der Waals surface area contributed by atoms with Gasteiger partial charge in [0.25, 0.3) is 0 Å². The van der Waals surface area contributed by atoms with Gasteiger partial charge in [-0.1, -0.05) is 43.4 Å². The van der Waals surface area contributed by atoms with Gasteiger partial charge in [0.05, 0.1) is 5.75 Å². The van der Waals surface area contributed by atoms with Crippen LogP contribution in [0.2, 0.25) is 5.02 Å². The molecule has 3 nitrogen and oxygen atoms in total. The summed E-state index contributed by atoms with van der Waals surface area (Å²) in [5.74, 6) is -0.854. The molecule has 22 heavy (non-hydrogen) atoms. The van der Waals surface area contributed by atoms with Crippen LogP contribution in [0.1, 0.15) is 44.1 Å². The molecule has 1 N–H and O–H groups in total. The van der Waals surface area contributed by atoms with E-state index in [0.29, 0.717) is 0 Å². The molecular weight excluding hydrogens is 325 g/mol. The third-order valence-corrected chi connectivity index (χ3v) is 5.43. The smallest absolute Gasteiger partial charge is 0.232 e. The molecule has 0 bridgehead atoms. The molecule has 0 saturated heterocycles. The number of halogens is 2. The first-order valence-electron chi connectivity index (χ1n) is 7.63. The Kier molecular flexibility index (Phi) is 6.83. The predicted molar refractivity (Wildman–Crippen MR) is 87.8 cm³/mol. The second-order valence-corrected chi connectivity index (χ2v) is 7.55. The molecule has 1 aromatic carbocycles. The van der Waals surface area contributed by atoms with Gasteiger partial charge in [-0.25, -0.2) is 4.39 Å². The number of hydrogen-bond donors (Lipinski definition) is 1. The Morgan fingerprint density at radius 2 is 1.95 bits per heavy atom. The molecule has 0 unspecified atom stereocenters. The maximum absolute atomic E-state index is 13.6. The predicted octanol–water partition coefficient (Wildman–Crippen LogP) is 3.57. The maximum Gasteiger partial charge on any atom is 0.232 e. The van der Waals surface area contributed by atoms with Gasteiger partial charge in [0.15, 0.2) is 0 Å². The van der Waals surface area contributed by atoms with E-state index in [1.807, 2.05) is 0 Å². The Labute approximate surface area is 138 Å². The molecule has 0 aliphatic heterocycles. The lowest BCUT2D eigenvalue weighted by Gasteiger charge is -2.16. The SMILES string of the molecule is O=C(C[S@](=O)Cc1c(F)cccc1Cl)NC1CCCCCC1. The van der Waals surface area contributed by atoms with Crippen molar-refractivity contribution >= 4 is 28.3 Å². The Bertz CT molecular complexity index is 525. The van der Waals surface area contributed by atoms with E-state index in [-0.39, 0.29) is 34.0 Å². The Morgan fingerprint density at radius 1 is 1.27 bits per heavy atom. The molecule has 2 rings (SSSR count). The van der Waals surface area contributed by atoms with Gasteiger partial charge in [0, 0.05) is 27.4 Å². The van der Waals surface area contributed by atoms with Crippen LogP contribution < -0.4 is 5.32 Å². The van der Waals surface area contributed by atoms with Crippen molar-refractivity contribution in [3.8, 4) is 0 Å². The van der Waals surface area contributed by atoms with Crippen molar-refractivity contribution in [3.63, 3.8) is 0 Å². The van der Waals surface area contributed by atoms with Gasteiger partial charge in [0.2, 0.25) is 5.91 Å². The molecule has 6 heteroatoms. The van der Waals surface area contributed by atoms with E-state index in [1.54, 1.807) is 6.07 Å². The van der Waals surface area contributed by atoms with Crippen LogP contribution in [0.25, 0.3) is 0 Å². The van der Waals surface area contributed by atoms with Crippen molar-refractivity contribution in [2.45, 2.75) is 50.3 Å². The summed E-state index contributed by atoms with van der Waals surface area (Å²) < 4.78 is 25.7. The molecular formula is C16H21ClFNO2S. The van der Waals surface area contributed by atoms with E-state index in [9.17, 15) is 13.4 Å². The number of hydrogen-bond acceptors (Lipinski definition) is 2. The third-order valence-electron chi connectivity index (χ3n) is 3.88. The summed E-state index contributed by atoms with van der Waals surface area (Å²) in [6, 6.07) is 4.53. The number of carbonyl (C=O) groups is 1. The summed E-state index contributed by atoms with van der Waals surface area (Å²) in [7, 11) is -1.47. The fraction of sp³-hybridized carbons (Fsp3) is 0.562. The minimum Gasteiger partial charge on any atom is -0.353 e. The second-order valence-electron chi connectivity index (χ2n) is 5.68. The fourth-order valence-corrected chi connectivity index (χ4v) is 4.12. The molecule has 1 aliphatic rings. The first-order valence-corrected chi connectivity index (χ1v) is 9.50. The zero-order valence-corrected chi connectivity index (χ0v) is 14.0. The van der Waals surface area contributed by atoms with E-state index in [2.05, 4.69) is 5.32 Å². The molecule has 0 spiro atoms. The van der Waals surface area contributed by atoms with Gasteiger partial charge >= 0.3 is 0 Å². The summed E-state index contributed by atoms with van der Waals surface area (Å²) in [4.78, 5) is 12.0. The van der Waals surface area contributed by atoms with Crippen molar-refractivity contribution in [2.24, 2.45) is 0 Å². The average Bonchev–Trinajstić information content (AvgIpc) is 2.71. The lowest BCUT2D eigenvalue weighted by atomic mass is 10.1. The molecule has 1 aromatic rings. The monoisotopic (exact) mass is 345 g/mol. The highest BCUT2D eigenvalue weighted by atomic mass is 35.5. The number of benzene rings is 1. The van der Waals surface area contributed by atoms with Gasteiger partial charge in [-0.3, -0.25) is 9.00 Å². The van der Waals surface area contributed by atoms with Crippen LogP contribution in [0, 0.1) is 5.82 Å². The van der Waals surface area contributed by atoms with Crippen LogP contribution in [0.4, 0.5) is 4.39 Å². The molecule has 122 valence electrons. The number of nitrogens with one attached hydrogen (secondary N) is 1. The van der Waals surface area contributed by atoms with Gasteiger partial charge in [-0.2, -0.15) is 0 Å². The number of amides is 1. The van der Waals surface area contributed by atoms with Crippen LogP contribution in [-0.4, -0.2) is 21.9 Å². The lowest BCUT2D eigenvalue weighted by Crippen LogP contribution is -2.37. The normalized spacial score (nSPS) is 17.7. The van der Waals surface area contributed by atoms with Crippen LogP contribution in [-0.2, 0) is 21.3 Å². The number of rotatable bonds is 5. The highest BCUT2D eigenvalue weighted by Crippen LogP contribution is 2.21. The van der Waals surface area contributed by atoms with Gasteiger partial charge in [-0.15, -0.1) is 0 Å². The molecule has 1 atom stereocenters. The van der Waals surface area contributed by atoms with Crippen molar-refractivity contribution < 1.29 is 13.4 Å². The van der Waals surface area contributed by atoms with Crippen LogP contribution in [0.15, 0.2) is 18.2 Å². The lowest BCUT2D eigenvalue weighted by molar-refractivity contribution is -0.119. The largest absolute Gasteiger partial charge is 0.353 e. The average molecular weight is 346 g/mol. The van der Waals surface area contributed by atoms with Crippen molar-refractivity contribution in [1.29, 1.82) is 0 Å². The summed E-state index contributed by atoms with van der Waals surface area (Å²) in [5.41, 5.74) is 0.213. The highest BCUT2D eigenvalue weighted by molar-refractivity contribution is 7.84. The molecule has 1 amide bonds. The molecule has 0 radical (unpaired) electrons. The quantitative estimate of drug-likeness (QED) is 0.829. The summed E-state index contributed by atoms with van der Waals surface area (Å²) in [5, 5.41) is 3.19. The van der Waals surface area contributed by atoms with E-state index in [1.165, 1.54) is 25.0 Å². The van der Waals surface area contributed by atoms with Gasteiger partial charge < -0.3 is 5.32 Å².